The van der Waals surface area contributed by atoms with Crippen molar-refractivity contribution in [2.45, 2.75) is 19.4 Å². The number of halogens is 3. The maximum absolute atomic E-state index is 15.3. The summed E-state index contributed by atoms with van der Waals surface area (Å²) >= 11 is 2.66. The van der Waals surface area contributed by atoms with Crippen molar-refractivity contribution in [1.82, 2.24) is 4.98 Å². The van der Waals surface area contributed by atoms with Crippen molar-refractivity contribution >= 4 is 46.2 Å². The normalized spacial score (nSPS) is 12.4. The number of aromatic nitrogens is 1. The van der Waals surface area contributed by atoms with Gasteiger partial charge in [0.2, 0.25) is 0 Å². The second kappa shape index (κ2) is 12.2. The summed E-state index contributed by atoms with van der Waals surface area (Å²) in [5, 5.41) is 13.0. The van der Waals surface area contributed by atoms with Gasteiger partial charge in [-0.05, 0) is 49.6 Å². The number of thioether (sulfide) groups is 1. The van der Waals surface area contributed by atoms with E-state index in [1.165, 1.54) is 14.0 Å². The summed E-state index contributed by atoms with van der Waals surface area (Å²) in [6, 6.07) is 6.52. The van der Waals surface area contributed by atoms with Crippen LogP contribution in [0.25, 0.3) is 17.3 Å². The lowest BCUT2D eigenvalue weighted by Gasteiger charge is -2.17. The first-order chi connectivity index (χ1) is 17.2. The molecule has 190 valence electrons. The molecule has 1 unspecified atom stereocenters. The number of nitrogens with zero attached hydrogens (tertiary/aromatic N) is 1. The maximum atomic E-state index is 15.3. The van der Waals surface area contributed by atoms with Gasteiger partial charge in [0.1, 0.15) is 17.5 Å². The third kappa shape index (κ3) is 6.34. The van der Waals surface area contributed by atoms with Gasteiger partial charge in [-0.1, -0.05) is 12.1 Å². The Hall–Kier alpha value is -3.15. The van der Waals surface area contributed by atoms with Crippen molar-refractivity contribution in [3.8, 4) is 11.3 Å². The molecule has 1 heterocycles. The van der Waals surface area contributed by atoms with Crippen molar-refractivity contribution < 1.29 is 32.6 Å². The van der Waals surface area contributed by atoms with Gasteiger partial charge in [-0.2, -0.15) is 11.8 Å². The molecular formula is C25H23F3N2O4S2. The molecule has 0 fully saturated rings. The Morgan fingerprint density at radius 2 is 1.94 bits per heavy atom. The lowest BCUT2D eigenvalue weighted by atomic mass is 10.0. The molecule has 0 saturated carbocycles. The molecule has 3 aromatic rings. The first-order valence-electron chi connectivity index (χ1n) is 10.6. The van der Waals surface area contributed by atoms with Crippen LogP contribution in [0.1, 0.15) is 40.9 Å². The Bertz CT molecular complexity index is 1290. The van der Waals surface area contributed by atoms with E-state index < -0.39 is 41.0 Å². The molecule has 2 N–H and O–H groups in total. The number of carboxylic acid groups (broad SMARTS) is 1. The number of aliphatic carboxylic acids is 1. The summed E-state index contributed by atoms with van der Waals surface area (Å²) in [5.74, 6) is -4.01. The molecule has 1 aromatic heterocycles. The molecule has 0 saturated heterocycles. The highest BCUT2D eigenvalue weighted by Gasteiger charge is 2.21. The molecule has 0 aliphatic rings. The number of rotatable bonds is 10. The minimum atomic E-state index is -1.32. The van der Waals surface area contributed by atoms with Crippen LogP contribution in [0.3, 0.4) is 0 Å². The predicted molar refractivity (Wildman–Crippen MR) is 136 cm³/mol. The standard InChI is InChI=1S/C25H23F3N2O4S2/c1-13(24(32)33)9-17-18(26)10-14(11-19(17)27)23(31)30-25-29-20(12-36-25)15-5-4-6-16(22(15)28)21(34-2)7-8-35-3/h4-6,9-12,21H,7-8H2,1-3H3,(H,32,33)(H,29,30,31). The predicted octanol–water partition coefficient (Wildman–Crippen LogP) is 6.41. The topological polar surface area (TPSA) is 88.5 Å². The highest BCUT2D eigenvalue weighted by molar-refractivity contribution is 7.98. The van der Waals surface area contributed by atoms with Gasteiger partial charge in [0.05, 0.1) is 11.8 Å². The SMILES string of the molecule is COC(CCSC)c1cccc(-c2csc(NC(=O)c3cc(F)c(C=C(C)C(=O)O)c(F)c3)n2)c1F. The van der Waals surface area contributed by atoms with Gasteiger partial charge in [0.15, 0.2) is 5.13 Å². The molecule has 1 amide bonds. The number of anilines is 1. The van der Waals surface area contributed by atoms with Crippen molar-refractivity contribution in [1.29, 1.82) is 0 Å². The number of methoxy groups -OCH3 is 1. The molecule has 1 atom stereocenters. The van der Waals surface area contributed by atoms with Crippen molar-refractivity contribution in [2.75, 3.05) is 24.4 Å². The molecular weight excluding hydrogens is 513 g/mol. The molecule has 0 aliphatic heterocycles. The van der Waals surface area contributed by atoms with E-state index in [2.05, 4.69) is 10.3 Å². The first kappa shape index (κ1) is 27.4. The molecule has 0 spiro atoms. The number of carbonyl (C=O) groups is 2. The third-order valence-electron chi connectivity index (χ3n) is 5.28. The molecule has 0 aliphatic carbocycles. The minimum absolute atomic E-state index is 0.108. The Balaban J connectivity index is 1.82. The van der Waals surface area contributed by atoms with Crippen LogP contribution in [0.4, 0.5) is 18.3 Å². The highest BCUT2D eigenvalue weighted by Crippen LogP contribution is 2.33. The average Bonchev–Trinajstić information content (AvgIpc) is 3.30. The van der Waals surface area contributed by atoms with E-state index in [-0.39, 0.29) is 27.5 Å². The van der Waals surface area contributed by atoms with Crippen LogP contribution in [-0.2, 0) is 9.53 Å². The maximum Gasteiger partial charge on any atom is 0.331 e. The van der Waals surface area contributed by atoms with Crippen molar-refractivity contribution in [3.63, 3.8) is 0 Å². The number of hydrogen-bond donors (Lipinski definition) is 2. The largest absolute Gasteiger partial charge is 0.478 e. The molecule has 6 nitrogen and oxygen atoms in total. The smallest absolute Gasteiger partial charge is 0.331 e. The number of carboxylic acids is 1. The van der Waals surface area contributed by atoms with Gasteiger partial charge in [-0.3, -0.25) is 10.1 Å². The highest BCUT2D eigenvalue weighted by atomic mass is 32.2. The summed E-state index contributed by atoms with van der Waals surface area (Å²) in [5.41, 5.74) is -0.227. The fraction of sp³-hybridized carbons (Fsp3) is 0.240. The van der Waals surface area contributed by atoms with E-state index in [4.69, 9.17) is 9.84 Å². The fourth-order valence-corrected chi connectivity index (χ4v) is 4.53. The van der Waals surface area contributed by atoms with E-state index in [1.807, 2.05) is 6.26 Å². The Labute approximate surface area is 214 Å². The zero-order valence-electron chi connectivity index (χ0n) is 19.6. The minimum Gasteiger partial charge on any atom is -0.478 e. The van der Waals surface area contributed by atoms with Crippen LogP contribution in [0.5, 0.6) is 0 Å². The molecule has 11 heteroatoms. The lowest BCUT2D eigenvalue weighted by molar-refractivity contribution is -0.132. The van der Waals surface area contributed by atoms with Gasteiger partial charge < -0.3 is 9.84 Å². The van der Waals surface area contributed by atoms with Gasteiger partial charge >= 0.3 is 5.97 Å². The van der Waals surface area contributed by atoms with Gasteiger partial charge in [-0.25, -0.2) is 22.9 Å². The number of thiazole rings is 1. The molecule has 3 rings (SSSR count). The van der Waals surface area contributed by atoms with E-state index in [0.29, 0.717) is 12.0 Å². The second-order valence-corrected chi connectivity index (χ2v) is 9.54. The summed E-state index contributed by atoms with van der Waals surface area (Å²) in [4.78, 5) is 27.8. The van der Waals surface area contributed by atoms with Crippen LogP contribution in [0, 0.1) is 17.5 Å². The second-order valence-electron chi connectivity index (χ2n) is 7.69. The summed E-state index contributed by atoms with van der Waals surface area (Å²) in [7, 11) is 1.52. The Morgan fingerprint density at radius 1 is 1.25 bits per heavy atom. The molecule has 2 aromatic carbocycles. The van der Waals surface area contributed by atoms with E-state index >= 15 is 4.39 Å². The number of nitrogens with one attached hydrogen (secondary N) is 1. The number of hydrogen-bond acceptors (Lipinski definition) is 6. The lowest BCUT2D eigenvalue weighted by Crippen LogP contribution is -2.13. The van der Waals surface area contributed by atoms with Crippen molar-refractivity contribution in [3.05, 3.63) is 75.4 Å². The van der Waals surface area contributed by atoms with Crippen LogP contribution < -0.4 is 5.32 Å². The zero-order chi connectivity index (χ0) is 26.4. The van der Waals surface area contributed by atoms with Gasteiger partial charge in [-0.15, -0.1) is 11.3 Å². The summed E-state index contributed by atoms with van der Waals surface area (Å²) in [6.45, 7) is 1.19. The van der Waals surface area contributed by atoms with E-state index in [1.54, 1.807) is 35.3 Å². The van der Waals surface area contributed by atoms with Crippen LogP contribution in [0.2, 0.25) is 0 Å². The van der Waals surface area contributed by atoms with Crippen LogP contribution in [0.15, 0.2) is 41.3 Å². The zero-order valence-corrected chi connectivity index (χ0v) is 21.2. The average molecular weight is 537 g/mol. The molecule has 36 heavy (non-hydrogen) atoms. The summed E-state index contributed by atoms with van der Waals surface area (Å²) < 4.78 is 49.5. The van der Waals surface area contributed by atoms with Gasteiger partial charge in [0.25, 0.3) is 5.91 Å². The number of benzene rings is 2. The Kier molecular flexibility index (Phi) is 9.30. The quantitative estimate of drug-likeness (QED) is 0.291. The summed E-state index contributed by atoms with van der Waals surface area (Å²) in [6.07, 6.45) is 3.02. The van der Waals surface area contributed by atoms with E-state index in [0.717, 1.165) is 35.3 Å². The number of carbonyl (C=O) groups excluding carboxylic acids is 1. The number of ether oxygens (including phenoxy) is 1. The van der Waals surface area contributed by atoms with Crippen LogP contribution >= 0.6 is 23.1 Å². The third-order valence-corrected chi connectivity index (χ3v) is 6.69. The monoisotopic (exact) mass is 536 g/mol. The van der Waals surface area contributed by atoms with Crippen molar-refractivity contribution in [2.24, 2.45) is 0 Å². The van der Waals surface area contributed by atoms with E-state index in [9.17, 15) is 18.4 Å². The Morgan fingerprint density at radius 3 is 2.56 bits per heavy atom. The molecule has 0 radical (unpaired) electrons. The first-order valence-corrected chi connectivity index (χ1v) is 12.9. The fourth-order valence-electron chi connectivity index (χ4n) is 3.38. The number of amides is 1. The van der Waals surface area contributed by atoms with Crippen LogP contribution in [-0.4, -0.2) is 41.1 Å². The molecule has 0 bridgehead atoms. The van der Waals surface area contributed by atoms with Gasteiger partial charge in [0, 0.05) is 40.3 Å².